The predicted molar refractivity (Wildman–Crippen MR) is 75.6 cm³/mol. The van der Waals surface area contributed by atoms with Gasteiger partial charge in [-0.15, -0.1) is 0 Å². The molecule has 1 heterocycles. The number of nitrogens with two attached hydrogens (primary N) is 1. The van der Waals surface area contributed by atoms with E-state index < -0.39 is 0 Å². The molecule has 0 radical (unpaired) electrons. The van der Waals surface area contributed by atoms with Gasteiger partial charge in [0.2, 0.25) is 0 Å². The van der Waals surface area contributed by atoms with Gasteiger partial charge in [-0.3, -0.25) is 4.68 Å². The molecule has 4 nitrogen and oxygen atoms in total. The number of anilines is 2. The summed E-state index contributed by atoms with van der Waals surface area (Å²) >= 11 is 0. The van der Waals surface area contributed by atoms with Crippen molar-refractivity contribution in [2.24, 2.45) is 0 Å². The van der Waals surface area contributed by atoms with Crippen LogP contribution in [0.2, 0.25) is 0 Å². The lowest BCUT2D eigenvalue weighted by Gasteiger charge is -2.24. The van der Waals surface area contributed by atoms with E-state index in [9.17, 15) is 0 Å². The first kappa shape index (κ1) is 12.5. The van der Waals surface area contributed by atoms with Crippen molar-refractivity contribution in [2.45, 2.75) is 19.9 Å². The first-order valence-electron chi connectivity index (χ1n) is 6.37. The van der Waals surface area contributed by atoms with Crippen LogP contribution in [0.5, 0.6) is 0 Å². The van der Waals surface area contributed by atoms with E-state index in [2.05, 4.69) is 23.0 Å². The van der Waals surface area contributed by atoms with Crippen LogP contribution in [-0.2, 0) is 6.54 Å². The fourth-order valence-electron chi connectivity index (χ4n) is 2.02. The summed E-state index contributed by atoms with van der Waals surface area (Å²) in [7, 11) is 0. The highest BCUT2D eigenvalue weighted by Gasteiger charge is 2.05. The van der Waals surface area contributed by atoms with Gasteiger partial charge in [0.15, 0.2) is 0 Å². The van der Waals surface area contributed by atoms with E-state index in [4.69, 9.17) is 5.73 Å². The van der Waals surface area contributed by atoms with Crippen LogP contribution >= 0.6 is 0 Å². The molecule has 0 aliphatic rings. The minimum atomic E-state index is 0.813. The molecule has 0 unspecified atom stereocenters. The van der Waals surface area contributed by atoms with Crippen molar-refractivity contribution in [3.05, 3.63) is 42.7 Å². The maximum absolute atomic E-state index is 5.84. The van der Waals surface area contributed by atoms with E-state index in [0.29, 0.717) is 0 Å². The molecule has 1 aromatic carbocycles. The van der Waals surface area contributed by atoms with E-state index in [1.165, 1.54) is 5.69 Å². The van der Waals surface area contributed by atoms with Gasteiger partial charge in [-0.1, -0.05) is 13.0 Å². The Morgan fingerprint density at radius 3 is 2.83 bits per heavy atom. The Hall–Kier alpha value is -1.97. The lowest BCUT2D eigenvalue weighted by atomic mass is 10.2. The molecule has 0 atom stereocenters. The third-order valence-corrected chi connectivity index (χ3v) is 2.89. The first-order valence-corrected chi connectivity index (χ1v) is 6.37. The molecule has 0 amide bonds. The van der Waals surface area contributed by atoms with Crippen molar-refractivity contribution in [1.82, 2.24) is 9.78 Å². The summed E-state index contributed by atoms with van der Waals surface area (Å²) in [5.41, 5.74) is 7.84. The summed E-state index contributed by atoms with van der Waals surface area (Å²) in [5, 5.41) is 4.22. The molecule has 2 aromatic rings. The maximum Gasteiger partial charge on any atom is 0.0584 e. The predicted octanol–water partition coefficient (Wildman–Crippen LogP) is 2.38. The molecule has 0 bridgehead atoms. The standard InChI is InChI=1S/C14H20N4/c1-2-8-17(10-11-18-9-4-7-16-18)14-6-3-5-13(15)12-14/h3-7,9,12H,2,8,10-11,15H2,1H3. The molecule has 96 valence electrons. The van der Waals surface area contributed by atoms with Crippen molar-refractivity contribution in [2.75, 3.05) is 23.7 Å². The third kappa shape index (κ3) is 3.26. The molecule has 0 spiro atoms. The lowest BCUT2D eigenvalue weighted by Crippen LogP contribution is -2.28. The maximum atomic E-state index is 5.84. The average Bonchev–Trinajstić information content (AvgIpc) is 2.87. The fourth-order valence-corrected chi connectivity index (χ4v) is 2.02. The van der Waals surface area contributed by atoms with Gasteiger partial charge in [0.05, 0.1) is 6.54 Å². The van der Waals surface area contributed by atoms with Crippen LogP contribution in [0.1, 0.15) is 13.3 Å². The molecule has 0 aliphatic carbocycles. The van der Waals surface area contributed by atoms with Crippen LogP contribution in [-0.4, -0.2) is 22.9 Å². The zero-order valence-corrected chi connectivity index (χ0v) is 10.8. The van der Waals surface area contributed by atoms with Crippen LogP contribution in [0.15, 0.2) is 42.7 Å². The molecular weight excluding hydrogens is 224 g/mol. The average molecular weight is 244 g/mol. The van der Waals surface area contributed by atoms with Crippen LogP contribution < -0.4 is 10.6 Å². The molecule has 2 N–H and O–H groups in total. The van der Waals surface area contributed by atoms with Gasteiger partial charge in [-0.25, -0.2) is 0 Å². The minimum absolute atomic E-state index is 0.813. The Morgan fingerprint density at radius 2 is 2.17 bits per heavy atom. The highest BCUT2D eigenvalue weighted by Crippen LogP contribution is 2.17. The van der Waals surface area contributed by atoms with E-state index >= 15 is 0 Å². The Labute approximate surface area is 108 Å². The summed E-state index contributed by atoms with van der Waals surface area (Å²) in [6.07, 6.45) is 4.92. The molecule has 2 rings (SSSR count). The zero-order valence-electron chi connectivity index (χ0n) is 10.8. The van der Waals surface area contributed by atoms with Crippen molar-refractivity contribution in [3.8, 4) is 0 Å². The van der Waals surface area contributed by atoms with E-state index in [-0.39, 0.29) is 0 Å². The van der Waals surface area contributed by atoms with Crippen molar-refractivity contribution in [3.63, 3.8) is 0 Å². The molecule has 4 heteroatoms. The van der Waals surface area contributed by atoms with Crippen molar-refractivity contribution >= 4 is 11.4 Å². The highest BCUT2D eigenvalue weighted by atomic mass is 15.3. The molecular formula is C14H20N4. The topological polar surface area (TPSA) is 47.1 Å². The van der Waals surface area contributed by atoms with Crippen molar-refractivity contribution in [1.29, 1.82) is 0 Å². The molecule has 0 aliphatic heterocycles. The Bertz CT molecular complexity index is 464. The molecule has 0 saturated carbocycles. The fraction of sp³-hybridized carbons (Fsp3) is 0.357. The Morgan fingerprint density at radius 1 is 1.28 bits per heavy atom. The van der Waals surface area contributed by atoms with Gasteiger partial charge in [0, 0.05) is 36.9 Å². The number of nitrogens with zero attached hydrogens (tertiary/aromatic N) is 3. The van der Waals surface area contributed by atoms with Gasteiger partial charge in [-0.2, -0.15) is 5.10 Å². The number of rotatable bonds is 6. The summed E-state index contributed by atoms with van der Waals surface area (Å²) < 4.78 is 1.95. The SMILES string of the molecule is CCCN(CCn1cccn1)c1cccc(N)c1. The first-order chi connectivity index (χ1) is 8.79. The van der Waals surface area contributed by atoms with Crippen LogP contribution in [0, 0.1) is 0 Å². The van der Waals surface area contributed by atoms with E-state index in [1.807, 2.05) is 41.3 Å². The summed E-state index contributed by atoms with van der Waals surface area (Å²) in [6.45, 7) is 5.05. The summed E-state index contributed by atoms with van der Waals surface area (Å²) in [6, 6.07) is 10.0. The van der Waals surface area contributed by atoms with Gasteiger partial charge in [0.25, 0.3) is 0 Å². The second kappa shape index (κ2) is 6.10. The second-order valence-electron chi connectivity index (χ2n) is 4.35. The Balaban J connectivity index is 2.03. The van der Waals surface area contributed by atoms with E-state index in [1.54, 1.807) is 0 Å². The van der Waals surface area contributed by atoms with Gasteiger partial charge >= 0.3 is 0 Å². The number of benzene rings is 1. The highest BCUT2D eigenvalue weighted by molar-refractivity contribution is 5.55. The third-order valence-electron chi connectivity index (χ3n) is 2.89. The molecule has 18 heavy (non-hydrogen) atoms. The molecule has 0 fully saturated rings. The smallest absolute Gasteiger partial charge is 0.0584 e. The normalized spacial score (nSPS) is 10.5. The van der Waals surface area contributed by atoms with Crippen LogP contribution in [0.25, 0.3) is 0 Å². The molecule has 1 aromatic heterocycles. The number of hydrogen-bond donors (Lipinski definition) is 1. The largest absolute Gasteiger partial charge is 0.399 e. The summed E-state index contributed by atoms with van der Waals surface area (Å²) in [4.78, 5) is 2.35. The quantitative estimate of drug-likeness (QED) is 0.794. The summed E-state index contributed by atoms with van der Waals surface area (Å²) in [5.74, 6) is 0. The van der Waals surface area contributed by atoms with Crippen LogP contribution in [0.3, 0.4) is 0 Å². The lowest BCUT2D eigenvalue weighted by molar-refractivity contribution is 0.593. The van der Waals surface area contributed by atoms with Gasteiger partial charge in [-0.05, 0) is 30.7 Å². The second-order valence-corrected chi connectivity index (χ2v) is 4.35. The van der Waals surface area contributed by atoms with Gasteiger partial charge < -0.3 is 10.6 Å². The van der Waals surface area contributed by atoms with Gasteiger partial charge in [0.1, 0.15) is 0 Å². The minimum Gasteiger partial charge on any atom is -0.399 e. The number of nitrogen functional groups attached to an aromatic ring is 1. The molecule has 0 saturated heterocycles. The number of aromatic nitrogens is 2. The Kier molecular flexibility index (Phi) is 4.23. The monoisotopic (exact) mass is 244 g/mol. The zero-order chi connectivity index (χ0) is 12.8. The number of hydrogen-bond acceptors (Lipinski definition) is 3. The van der Waals surface area contributed by atoms with Crippen molar-refractivity contribution < 1.29 is 0 Å². The van der Waals surface area contributed by atoms with E-state index in [0.717, 1.165) is 31.7 Å². The van der Waals surface area contributed by atoms with Crippen LogP contribution in [0.4, 0.5) is 11.4 Å².